The summed E-state index contributed by atoms with van der Waals surface area (Å²) < 4.78 is 0. The molecule has 0 radical (unpaired) electrons. The van der Waals surface area contributed by atoms with Gasteiger partial charge in [-0.15, -0.1) is 0 Å². The molecule has 16 nitrogen and oxygen atoms in total. The Labute approximate surface area is 206 Å². The Balaban J connectivity index is 5.53. The van der Waals surface area contributed by atoms with Crippen molar-refractivity contribution in [3.63, 3.8) is 0 Å². The summed E-state index contributed by atoms with van der Waals surface area (Å²) in [5, 5.41) is 33.6. The first-order valence-electron chi connectivity index (χ1n) is 11.1. The quantitative estimate of drug-likeness (QED) is 0.0755. The Morgan fingerprint density at radius 1 is 0.667 bits per heavy atom. The summed E-state index contributed by atoms with van der Waals surface area (Å²) in [6, 6.07) is -5.88. The third-order valence-electron chi connectivity index (χ3n) is 4.89. The molecule has 0 aromatic carbocycles. The lowest BCUT2D eigenvalue weighted by Gasteiger charge is -2.24. The number of hydrogen-bond donors (Lipinski definition) is 9. The molecule has 0 saturated heterocycles. The molecule has 204 valence electrons. The van der Waals surface area contributed by atoms with Crippen molar-refractivity contribution in [1.29, 1.82) is 0 Å². The Morgan fingerprint density at radius 2 is 1.19 bits per heavy atom. The van der Waals surface area contributed by atoms with Gasteiger partial charge in [0.15, 0.2) is 0 Å². The molecule has 0 rings (SSSR count). The van der Waals surface area contributed by atoms with Gasteiger partial charge in [0, 0.05) is 12.8 Å². The van der Waals surface area contributed by atoms with Gasteiger partial charge in [-0.3, -0.25) is 28.8 Å². The van der Waals surface area contributed by atoms with Gasteiger partial charge in [0.05, 0.1) is 12.5 Å². The number of hydrogen-bond acceptors (Lipinski definition) is 9. The molecule has 0 bridgehead atoms. The van der Waals surface area contributed by atoms with Gasteiger partial charge in [0.25, 0.3) is 0 Å². The minimum absolute atomic E-state index is 0.223. The fourth-order valence-corrected chi connectivity index (χ4v) is 2.93. The van der Waals surface area contributed by atoms with E-state index in [1.165, 1.54) is 0 Å². The first kappa shape index (κ1) is 32.2. The number of rotatable bonds is 19. The van der Waals surface area contributed by atoms with Crippen LogP contribution < -0.4 is 33.2 Å². The van der Waals surface area contributed by atoms with E-state index in [0.717, 1.165) is 0 Å². The van der Waals surface area contributed by atoms with Crippen LogP contribution >= 0.6 is 0 Å². The lowest BCUT2D eigenvalue weighted by Crippen LogP contribution is -2.57. The Morgan fingerprint density at radius 3 is 1.69 bits per heavy atom. The van der Waals surface area contributed by atoms with Crippen LogP contribution in [-0.4, -0.2) is 87.6 Å². The molecule has 0 aromatic heterocycles. The monoisotopic (exact) mass is 518 g/mol. The minimum Gasteiger partial charge on any atom is -0.481 e. The van der Waals surface area contributed by atoms with Gasteiger partial charge in [0.2, 0.25) is 23.6 Å². The summed E-state index contributed by atoms with van der Waals surface area (Å²) in [7, 11) is 0. The number of nitrogens with two attached hydrogens (primary N) is 3. The lowest BCUT2D eigenvalue weighted by atomic mass is 10.1. The first-order chi connectivity index (χ1) is 16.8. The molecule has 0 aliphatic heterocycles. The number of carboxylic acid groups (broad SMARTS) is 3. The van der Waals surface area contributed by atoms with Crippen LogP contribution in [0.4, 0.5) is 0 Å². The highest BCUT2D eigenvalue weighted by Crippen LogP contribution is 2.05. The van der Waals surface area contributed by atoms with Crippen LogP contribution in [0.25, 0.3) is 0 Å². The highest BCUT2D eigenvalue weighted by atomic mass is 16.4. The molecule has 0 heterocycles. The maximum Gasteiger partial charge on any atom is 0.326 e. The molecule has 36 heavy (non-hydrogen) atoms. The Kier molecular flexibility index (Phi) is 15.0. The van der Waals surface area contributed by atoms with E-state index in [4.69, 9.17) is 27.4 Å². The van der Waals surface area contributed by atoms with Crippen LogP contribution in [0.15, 0.2) is 0 Å². The predicted octanol–water partition coefficient (Wildman–Crippen LogP) is -3.41. The van der Waals surface area contributed by atoms with E-state index in [9.17, 15) is 38.7 Å². The van der Waals surface area contributed by atoms with E-state index in [1.807, 2.05) is 0 Å². The van der Waals surface area contributed by atoms with Gasteiger partial charge in [-0.25, -0.2) is 4.79 Å². The number of aliphatic carboxylic acids is 3. The largest absolute Gasteiger partial charge is 0.481 e. The SMILES string of the molecule is NCCCCC(N)C(=O)NC(CC(=O)O)C(=O)NC(CCC(N)=O)C(=O)NC(CCC(=O)O)C(=O)O. The van der Waals surface area contributed by atoms with E-state index in [1.54, 1.807) is 0 Å². The summed E-state index contributed by atoms with van der Waals surface area (Å²) in [4.78, 5) is 82.2. The molecule has 0 fully saturated rings. The second kappa shape index (κ2) is 16.8. The molecule has 4 amide bonds. The molecule has 0 aliphatic rings. The molecule has 0 aliphatic carbocycles. The highest BCUT2D eigenvalue weighted by molar-refractivity contribution is 5.95. The van der Waals surface area contributed by atoms with Crippen molar-refractivity contribution in [3.8, 4) is 0 Å². The zero-order valence-corrected chi connectivity index (χ0v) is 19.6. The van der Waals surface area contributed by atoms with Gasteiger partial charge < -0.3 is 48.5 Å². The molecular formula is C20H34N6O10. The molecular weight excluding hydrogens is 484 g/mol. The van der Waals surface area contributed by atoms with Gasteiger partial charge in [-0.2, -0.15) is 0 Å². The van der Waals surface area contributed by atoms with E-state index < -0.39 is 91.4 Å². The summed E-state index contributed by atoms with van der Waals surface area (Å²) >= 11 is 0. The molecule has 4 atom stereocenters. The van der Waals surface area contributed by atoms with E-state index in [2.05, 4.69) is 16.0 Å². The third-order valence-corrected chi connectivity index (χ3v) is 4.89. The minimum atomic E-state index is -1.65. The Hall–Kier alpha value is -3.79. The van der Waals surface area contributed by atoms with Gasteiger partial charge in [0.1, 0.15) is 18.1 Å². The average Bonchev–Trinajstić information content (AvgIpc) is 2.77. The summed E-state index contributed by atoms with van der Waals surface area (Å²) in [6.45, 7) is 0.381. The molecule has 0 aromatic rings. The van der Waals surface area contributed by atoms with Crippen LogP contribution in [0.3, 0.4) is 0 Å². The number of carbonyl (C=O) groups excluding carboxylic acids is 4. The maximum atomic E-state index is 12.8. The van der Waals surface area contributed by atoms with Crippen LogP contribution in [0.5, 0.6) is 0 Å². The number of carbonyl (C=O) groups is 7. The number of carboxylic acids is 3. The molecule has 4 unspecified atom stereocenters. The van der Waals surface area contributed by atoms with Crippen molar-refractivity contribution in [2.24, 2.45) is 17.2 Å². The zero-order valence-electron chi connectivity index (χ0n) is 19.6. The number of nitrogens with one attached hydrogen (secondary N) is 3. The number of amides is 4. The van der Waals surface area contributed by atoms with Crippen LogP contribution in [0.2, 0.25) is 0 Å². The normalized spacial score (nSPS) is 13.9. The highest BCUT2D eigenvalue weighted by Gasteiger charge is 2.31. The standard InChI is InChI=1S/C20H34N6O10/c21-8-2-1-3-10(22)17(32)26-13(9-16(30)31)19(34)24-11(4-6-14(23)27)18(33)25-12(20(35)36)5-7-15(28)29/h10-13H,1-9,21-22H2,(H2,23,27)(H,24,34)(H,25,33)(H,26,32)(H,28,29)(H,30,31)(H,35,36). The van der Waals surface area contributed by atoms with Crippen LogP contribution in [-0.2, 0) is 33.6 Å². The molecule has 0 spiro atoms. The van der Waals surface area contributed by atoms with E-state index >= 15 is 0 Å². The fraction of sp³-hybridized carbons (Fsp3) is 0.650. The van der Waals surface area contributed by atoms with Gasteiger partial charge in [-0.05, 0) is 32.2 Å². The summed E-state index contributed by atoms with van der Waals surface area (Å²) in [6.07, 6.45) is -1.36. The molecule has 12 N–H and O–H groups in total. The zero-order chi connectivity index (χ0) is 27.8. The van der Waals surface area contributed by atoms with Crippen molar-refractivity contribution in [2.75, 3.05) is 6.54 Å². The van der Waals surface area contributed by atoms with Crippen molar-refractivity contribution >= 4 is 41.5 Å². The van der Waals surface area contributed by atoms with Gasteiger partial charge >= 0.3 is 17.9 Å². The lowest BCUT2D eigenvalue weighted by molar-refractivity contribution is -0.144. The number of unbranched alkanes of at least 4 members (excludes halogenated alkanes) is 1. The van der Waals surface area contributed by atoms with Crippen molar-refractivity contribution in [1.82, 2.24) is 16.0 Å². The summed E-state index contributed by atoms with van der Waals surface area (Å²) in [5.74, 6) is -8.15. The van der Waals surface area contributed by atoms with E-state index in [-0.39, 0.29) is 12.8 Å². The average molecular weight is 519 g/mol. The number of primary amides is 1. The summed E-state index contributed by atoms with van der Waals surface area (Å²) in [5.41, 5.74) is 16.2. The van der Waals surface area contributed by atoms with Crippen LogP contribution in [0.1, 0.15) is 51.4 Å². The van der Waals surface area contributed by atoms with E-state index in [0.29, 0.717) is 19.4 Å². The van der Waals surface area contributed by atoms with Gasteiger partial charge in [-0.1, -0.05) is 6.42 Å². The van der Waals surface area contributed by atoms with Crippen molar-refractivity contribution < 1.29 is 48.9 Å². The first-order valence-corrected chi connectivity index (χ1v) is 11.1. The van der Waals surface area contributed by atoms with Crippen LogP contribution in [0, 0.1) is 0 Å². The predicted molar refractivity (Wildman–Crippen MR) is 122 cm³/mol. The maximum absolute atomic E-state index is 12.8. The second-order valence-electron chi connectivity index (χ2n) is 7.95. The molecule has 16 heteroatoms. The van der Waals surface area contributed by atoms with Crippen molar-refractivity contribution in [2.45, 2.75) is 75.5 Å². The topological polar surface area (TPSA) is 294 Å². The Bertz CT molecular complexity index is 821. The van der Waals surface area contributed by atoms with Crippen molar-refractivity contribution in [3.05, 3.63) is 0 Å². The molecule has 0 saturated carbocycles. The third kappa shape index (κ3) is 13.8. The fourth-order valence-electron chi connectivity index (χ4n) is 2.93. The second-order valence-corrected chi connectivity index (χ2v) is 7.95. The smallest absolute Gasteiger partial charge is 0.326 e.